The standard InChI is InChI=1S/C26H31ClFN5/c1-19-24(18-32(22-11-12-22)17-20-5-3-4-6-25(20)27)26(31-15-13-30(2)14-16-31)33(29-19)23-9-7-21(28)8-10-23/h3-10,22H,11-18H2,1-2H3. The third kappa shape index (κ3) is 4.93. The molecule has 1 aliphatic carbocycles. The third-order valence-corrected chi connectivity index (χ3v) is 7.16. The molecule has 5 rings (SSSR count). The van der Waals surface area contributed by atoms with Gasteiger partial charge in [0.1, 0.15) is 11.6 Å². The second-order valence-corrected chi connectivity index (χ2v) is 9.70. The Bertz CT molecular complexity index is 1100. The van der Waals surface area contributed by atoms with Crippen molar-refractivity contribution in [2.24, 2.45) is 0 Å². The van der Waals surface area contributed by atoms with Gasteiger partial charge in [-0.25, -0.2) is 9.07 Å². The van der Waals surface area contributed by atoms with E-state index in [-0.39, 0.29) is 5.82 Å². The topological polar surface area (TPSA) is 27.5 Å². The number of hydrogen-bond acceptors (Lipinski definition) is 4. The van der Waals surface area contributed by atoms with Gasteiger partial charge in [0.15, 0.2) is 0 Å². The van der Waals surface area contributed by atoms with Crippen LogP contribution in [-0.2, 0) is 13.1 Å². The van der Waals surface area contributed by atoms with Gasteiger partial charge in [0, 0.05) is 55.9 Å². The lowest BCUT2D eigenvalue weighted by atomic mass is 10.1. The summed E-state index contributed by atoms with van der Waals surface area (Å²) < 4.78 is 15.6. The van der Waals surface area contributed by atoms with E-state index in [1.54, 1.807) is 0 Å². The first-order valence-corrected chi connectivity index (χ1v) is 12.1. The molecule has 174 valence electrons. The predicted molar refractivity (Wildman–Crippen MR) is 132 cm³/mol. The summed E-state index contributed by atoms with van der Waals surface area (Å²) in [5.74, 6) is 0.903. The number of hydrogen-bond donors (Lipinski definition) is 0. The molecule has 0 bridgehead atoms. The summed E-state index contributed by atoms with van der Waals surface area (Å²) in [6, 6.07) is 15.3. The number of aryl methyl sites for hydroxylation is 1. The van der Waals surface area contributed by atoms with E-state index in [2.05, 4.69) is 40.8 Å². The van der Waals surface area contributed by atoms with Crippen LogP contribution in [0, 0.1) is 12.7 Å². The number of aromatic nitrogens is 2. The Morgan fingerprint density at radius 2 is 1.70 bits per heavy atom. The molecular weight excluding hydrogens is 437 g/mol. The number of anilines is 1. The smallest absolute Gasteiger partial charge is 0.137 e. The Kier molecular flexibility index (Phi) is 6.41. The molecule has 3 aromatic rings. The van der Waals surface area contributed by atoms with Gasteiger partial charge in [-0.05, 0) is 62.7 Å². The maximum absolute atomic E-state index is 13.6. The van der Waals surface area contributed by atoms with Gasteiger partial charge in [0.05, 0.1) is 11.4 Å². The van der Waals surface area contributed by atoms with Gasteiger partial charge in [0.2, 0.25) is 0 Å². The monoisotopic (exact) mass is 467 g/mol. The highest BCUT2D eigenvalue weighted by molar-refractivity contribution is 6.31. The Hall–Kier alpha value is -2.41. The molecule has 0 radical (unpaired) electrons. The van der Waals surface area contributed by atoms with E-state index < -0.39 is 0 Å². The Labute approximate surface area is 200 Å². The van der Waals surface area contributed by atoms with E-state index in [1.807, 2.05) is 28.9 Å². The first-order valence-electron chi connectivity index (χ1n) is 11.7. The summed E-state index contributed by atoms with van der Waals surface area (Å²) in [6.07, 6.45) is 2.44. The molecule has 1 saturated heterocycles. The van der Waals surface area contributed by atoms with E-state index in [1.165, 1.54) is 30.5 Å². The zero-order valence-corrected chi connectivity index (χ0v) is 20.1. The molecular formula is C26H31ClFN5. The van der Waals surface area contributed by atoms with Crippen molar-refractivity contribution in [1.29, 1.82) is 0 Å². The van der Waals surface area contributed by atoms with Gasteiger partial charge in [-0.2, -0.15) is 5.10 Å². The van der Waals surface area contributed by atoms with Crippen molar-refractivity contribution in [2.75, 3.05) is 38.1 Å². The second-order valence-electron chi connectivity index (χ2n) is 9.29. The normalized spacial score (nSPS) is 17.2. The highest BCUT2D eigenvalue weighted by Gasteiger charge is 2.32. The van der Waals surface area contributed by atoms with Crippen LogP contribution in [0.4, 0.5) is 10.2 Å². The lowest BCUT2D eigenvalue weighted by Crippen LogP contribution is -2.45. The van der Waals surface area contributed by atoms with Crippen LogP contribution in [0.3, 0.4) is 0 Å². The minimum absolute atomic E-state index is 0.233. The summed E-state index contributed by atoms with van der Waals surface area (Å²) in [5, 5.41) is 5.77. The fourth-order valence-corrected chi connectivity index (χ4v) is 4.84. The summed E-state index contributed by atoms with van der Waals surface area (Å²) >= 11 is 6.50. The molecule has 33 heavy (non-hydrogen) atoms. The van der Waals surface area contributed by atoms with Crippen LogP contribution in [0.15, 0.2) is 48.5 Å². The van der Waals surface area contributed by atoms with Gasteiger partial charge in [-0.1, -0.05) is 29.8 Å². The largest absolute Gasteiger partial charge is 0.354 e. The fourth-order valence-electron chi connectivity index (χ4n) is 4.64. The van der Waals surface area contributed by atoms with Crippen molar-refractivity contribution >= 4 is 17.4 Å². The van der Waals surface area contributed by atoms with Crippen LogP contribution in [0.25, 0.3) is 5.69 Å². The molecule has 2 fully saturated rings. The summed E-state index contributed by atoms with van der Waals surface area (Å²) in [4.78, 5) is 7.34. The van der Waals surface area contributed by atoms with Crippen molar-refractivity contribution < 1.29 is 4.39 Å². The zero-order chi connectivity index (χ0) is 22.9. The van der Waals surface area contributed by atoms with Crippen molar-refractivity contribution in [3.05, 3.63) is 76.2 Å². The molecule has 1 aromatic heterocycles. The molecule has 1 aliphatic heterocycles. The minimum atomic E-state index is -0.233. The van der Waals surface area contributed by atoms with Gasteiger partial charge in [0.25, 0.3) is 0 Å². The number of piperazine rings is 1. The molecule has 1 saturated carbocycles. The summed E-state index contributed by atoms with van der Waals surface area (Å²) in [7, 11) is 2.17. The first-order chi connectivity index (χ1) is 16.0. The van der Waals surface area contributed by atoms with Crippen LogP contribution < -0.4 is 4.90 Å². The van der Waals surface area contributed by atoms with Crippen LogP contribution >= 0.6 is 11.6 Å². The van der Waals surface area contributed by atoms with Gasteiger partial charge in [-0.3, -0.25) is 4.90 Å². The van der Waals surface area contributed by atoms with Crippen molar-refractivity contribution in [3.8, 4) is 5.69 Å². The molecule has 2 heterocycles. The molecule has 0 amide bonds. The quantitative estimate of drug-likeness (QED) is 0.494. The molecule has 0 spiro atoms. The third-order valence-electron chi connectivity index (χ3n) is 6.79. The van der Waals surface area contributed by atoms with Gasteiger partial charge >= 0.3 is 0 Å². The maximum atomic E-state index is 13.6. The van der Waals surface area contributed by atoms with Gasteiger partial charge < -0.3 is 9.80 Å². The number of likely N-dealkylation sites (N-methyl/N-ethyl adjacent to an activating group) is 1. The highest BCUT2D eigenvalue weighted by Crippen LogP contribution is 2.35. The van der Waals surface area contributed by atoms with Crippen molar-refractivity contribution in [3.63, 3.8) is 0 Å². The SMILES string of the molecule is Cc1nn(-c2ccc(F)cc2)c(N2CCN(C)CC2)c1CN(Cc1ccccc1Cl)C1CC1. The predicted octanol–water partition coefficient (Wildman–Crippen LogP) is 4.89. The average Bonchev–Trinajstić information content (AvgIpc) is 3.61. The van der Waals surface area contributed by atoms with E-state index >= 15 is 0 Å². The lowest BCUT2D eigenvalue weighted by Gasteiger charge is -2.35. The van der Waals surface area contributed by atoms with E-state index in [0.29, 0.717) is 6.04 Å². The van der Waals surface area contributed by atoms with Crippen LogP contribution in [0.2, 0.25) is 5.02 Å². The number of halogens is 2. The second kappa shape index (κ2) is 9.45. The van der Waals surface area contributed by atoms with E-state index in [0.717, 1.165) is 67.1 Å². The van der Waals surface area contributed by atoms with Crippen LogP contribution in [-0.4, -0.2) is 58.8 Å². The zero-order valence-electron chi connectivity index (χ0n) is 19.3. The molecule has 0 unspecified atom stereocenters. The Balaban J connectivity index is 1.51. The molecule has 2 aromatic carbocycles. The number of nitrogens with zero attached hydrogens (tertiary/aromatic N) is 5. The number of benzene rings is 2. The molecule has 0 atom stereocenters. The van der Waals surface area contributed by atoms with Gasteiger partial charge in [-0.15, -0.1) is 0 Å². The van der Waals surface area contributed by atoms with E-state index in [4.69, 9.17) is 16.7 Å². The lowest BCUT2D eigenvalue weighted by molar-refractivity contribution is 0.245. The fraction of sp³-hybridized carbons (Fsp3) is 0.423. The average molecular weight is 468 g/mol. The number of rotatable bonds is 7. The van der Waals surface area contributed by atoms with Crippen LogP contribution in [0.1, 0.15) is 29.7 Å². The summed E-state index contributed by atoms with van der Waals surface area (Å²) in [5.41, 5.74) is 4.33. The van der Waals surface area contributed by atoms with E-state index in [9.17, 15) is 4.39 Å². The molecule has 5 nitrogen and oxygen atoms in total. The minimum Gasteiger partial charge on any atom is -0.354 e. The maximum Gasteiger partial charge on any atom is 0.137 e. The van der Waals surface area contributed by atoms with Crippen LogP contribution in [0.5, 0.6) is 0 Å². The highest BCUT2D eigenvalue weighted by atomic mass is 35.5. The van der Waals surface area contributed by atoms with Crippen molar-refractivity contribution in [1.82, 2.24) is 19.6 Å². The Morgan fingerprint density at radius 1 is 1.00 bits per heavy atom. The first kappa shape index (κ1) is 22.4. The summed E-state index contributed by atoms with van der Waals surface area (Å²) in [6.45, 7) is 7.67. The molecule has 2 aliphatic rings. The Morgan fingerprint density at radius 3 is 2.36 bits per heavy atom. The van der Waals surface area contributed by atoms with Crippen molar-refractivity contribution in [2.45, 2.75) is 38.9 Å². The molecule has 0 N–H and O–H groups in total. The molecule has 7 heteroatoms.